The fraction of sp³-hybridized carbons (Fsp3) is 0.900. The van der Waals surface area contributed by atoms with Crippen LogP contribution in [0.2, 0.25) is 0 Å². The van der Waals surface area contributed by atoms with Crippen molar-refractivity contribution in [3.8, 4) is 0 Å². The van der Waals surface area contributed by atoms with E-state index in [0.717, 1.165) is 13.0 Å². The highest BCUT2D eigenvalue weighted by atomic mass is 16.1. The molecule has 13 heavy (non-hydrogen) atoms. The van der Waals surface area contributed by atoms with Crippen LogP contribution < -0.4 is 10.9 Å². The second kappa shape index (κ2) is 3.76. The lowest BCUT2D eigenvalue weighted by Gasteiger charge is -2.31. The van der Waals surface area contributed by atoms with Crippen molar-refractivity contribution in [3.63, 3.8) is 0 Å². The molecule has 1 aliphatic rings. The molecule has 1 saturated heterocycles. The number of nitrogens with one attached hydrogen (secondary N) is 2. The zero-order valence-corrected chi connectivity index (χ0v) is 8.98. The van der Waals surface area contributed by atoms with Gasteiger partial charge in [-0.05, 0) is 13.3 Å². The molecule has 1 rings (SSSR count). The van der Waals surface area contributed by atoms with Crippen molar-refractivity contribution in [2.75, 3.05) is 6.54 Å². The third-order valence-corrected chi connectivity index (χ3v) is 2.44. The Bertz CT molecular complexity index is 196. The molecule has 0 bridgehead atoms. The smallest absolute Gasteiger partial charge is 0.142 e. The monoisotopic (exact) mass is 184 g/mol. The van der Waals surface area contributed by atoms with E-state index >= 15 is 0 Å². The van der Waals surface area contributed by atoms with E-state index in [9.17, 15) is 4.79 Å². The maximum Gasteiger partial charge on any atom is 0.142 e. The Balaban J connectivity index is 2.56. The van der Waals surface area contributed by atoms with Gasteiger partial charge in [0.15, 0.2) is 0 Å². The molecule has 0 aromatic heterocycles. The van der Waals surface area contributed by atoms with E-state index in [1.807, 2.05) is 20.8 Å². The van der Waals surface area contributed by atoms with Crippen LogP contribution in [0.15, 0.2) is 0 Å². The average molecular weight is 184 g/mol. The minimum Gasteiger partial charge on any atom is -0.299 e. The molecule has 0 aromatic rings. The minimum absolute atomic E-state index is 0.177. The largest absolute Gasteiger partial charge is 0.299 e. The van der Waals surface area contributed by atoms with Crippen molar-refractivity contribution in [1.29, 1.82) is 0 Å². The van der Waals surface area contributed by atoms with E-state index in [4.69, 9.17) is 0 Å². The summed E-state index contributed by atoms with van der Waals surface area (Å²) >= 11 is 0. The van der Waals surface area contributed by atoms with Crippen LogP contribution in [0.5, 0.6) is 0 Å². The SMILES string of the molecule is CC1CC(C(=O)C(C)(C)C)CNN1. The van der Waals surface area contributed by atoms with Gasteiger partial charge in [0.1, 0.15) is 5.78 Å². The number of hydrogen-bond donors (Lipinski definition) is 2. The van der Waals surface area contributed by atoms with Crippen LogP contribution >= 0.6 is 0 Å². The summed E-state index contributed by atoms with van der Waals surface area (Å²) in [5, 5.41) is 0. The van der Waals surface area contributed by atoms with E-state index in [0.29, 0.717) is 11.8 Å². The van der Waals surface area contributed by atoms with Gasteiger partial charge in [0.05, 0.1) is 0 Å². The highest BCUT2D eigenvalue weighted by Crippen LogP contribution is 2.23. The van der Waals surface area contributed by atoms with E-state index in [-0.39, 0.29) is 11.3 Å². The predicted molar refractivity (Wildman–Crippen MR) is 53.2 cm³/mol. The van der Waals surface area contributed by atoms with Crippen molar-refractivity contribution in [2.45, 2.75) is 40.2 Å². The second-order valence-electron chi connectivity index (χ2n) is 4.97. The number of Topliss-reactive ketones (excluding diaryl/α,β-unsaturated/α-hetero) is 1. The van der Waals surface area contributed by atoms with Crippen LogP contribution in [-0.2, 0) is 4.79 Å². The fourth-order valence-corrected chi connectivity index (χ4v) is 1.74. The summed E-state index contributed by atoms with van der Waals surface area (Å²) in [5.74, 6) is 0.546. The van der Waals surface area contributed by atoms with E-state index in [2.05, 4.69) is 17.8 Å². The first kappa shape index (κ1) is 10.7. The number of hydrogen-bond acceptors (Lipinski definition) is 3. The van der Waals surface area contributed by atoms with Crippen LogP contribution in [0.25, 0.3) is 0 Å². The lowest BCUT2D eigenvalue weighted by molar-refractivity contribution is -0.131. The van der Waals surface area contributed by atoms with E-state index in [1.54, 1.807) is 0 Å². The zero-order chi connectivity index (χ0) is 10.1. The summed E-state index contributed by atoms with van der Waals surface area (Å²) in [6.07, 6.45) is 0.948. The van der Waals surface area contributed by atoms with Crippen LogP contribution in [-0.4, -0.2) is 18.4 Å². The highest BCUT2D eigenvalue weighted by molar-refractivity contribution is 5.86. The molecule has 0 spiro atoms. The molecule has 76 valence electrons. The molecular formula is C10H20N2O. The molecule has 0 radical (unpaired) electrons. The maximum absolute atomic E-state index is 11.9. The fourth-order valence-electron chi connectivity index (χ4n) is 1.74. The Hall–Kier alpha value is -0.410. The molecule has 2 atom stereocenters. The average Bonchev–Trinajstić information content (AvgIpc) is 2.01. The first-order valence-corrected chi connectivity index (χ1v) is 4.94. The standard InChI is InChI=1S/C10H20N2O/c1-7-5-8(6-11-12-7)9(13)10(2,3)4/h7-8,11-12H,5-6H2,1-4H3. The van der Waals surface area contributed by atoms with Crippen molar-refractivity contribution in [1.82, 2.24) is 10.9 Å². The number of hydrazine groups is 1. The van der Waals surface area contributed by atoms with Gasteiger partial charge in [-0.1, -0.05) is 20.8 Å². The molecule has 0 amide bonds. The lowest BCUT2D eigenvalue weighted by Crippen LogP contribution is -2.51. The number of rotatable bonds is 1. The molecule has 1 heterocycles. The molecule has 0 saturated carbocycles. The predicted octanol–water partition coefficient (Wildman–Crippen LogP) is 1.10. The summed E-state index contributed by atoms with van der Waals surface area (Å²) < 4.78 is 0. The Labute approximate surface area is 80.2 Å². The lowest BCUT2D eigenvalue weighted by atomic mass is 9.80. The third kappa shape index (κ3) is 2.78. The van der Waals surface area contributed by atoms with Gasteiger partial charge >= 0.3 is 0 Å². The molecular weight excluding hydrogens is 164 g/mol. The first-order chi connectivity index (χ1) is 5.91. The number of carbonyl (C=O) groups excluding carboxylic acids is 1. The van der Waals surface area contributed by atoms with Gasteiger partial charge in [-0.2, -0.15) is 0 Å². The van der Waals surface area contributed by atoms with Crippen LogP contribution in [0.4, 0.5) is 0 Å². The van der Waals surface area contributed by atoms with Gasteiger partial charge in [0, 0.05) is 23.9 Å². The van der Waals surface area contributed by atoms with Gasteiger partial charge in [0.25, 0.3) is 0 Å². The third-order valence-electron chi connectivity index (χ3n) is 2.44. The summed E-state index contributed by atoms with van der Waals surface area (Å²) in [7, 11) is 0. The van der Waals surface area contributed by atoms with E-state index in [1.165, 1.54) is 0 Å². The Kier molecular flexibility index (Phi) is 3.09. The van der Waals surface area contributed by atoms with Crippen molar-refractivity contribution in [3.05, 3.63) is 0 Å². The second-order valence-corrected chi connectivity index (χ2v) is 4.97. The molecule has 1 fully saturated rings. The summed E-state index contributed by atoms with van der Waals surface area (Å²) in [6.45, 7) is 8.82. The molecule has 3 nitrogen and oxygen atoms in total. The van der Waals surface area contributed by atoms with E-state index < -0.39 is 0 Å². The first-order valence-electron chi connectivity index (χ1n) is 4.94. The number of carbonyl (C=O) groups is 1. The molecule has 0 aromatic carbocycles. The molecule has 2 N–H and O–H groups in total. The molecule has 0 aliphatic carbocycles. The van der Waals surface area contributed by atoms with Crippen molar-refractivity contribution in [2.24, 2.45) is 11.3 Å². The van der Waals surface area contributed by atoms with Crippen LogP contribution in [0, 0.1) is 11.3 Å². The summed E-state index contributed by atoms with van der Waals surface area (Å²) in [4.78, 5) is 11.9. The van der Waals surface area contributed by atoms with Gasteiger partial charge in [-0.25, -0.2) is 0 Å². The zero-order valence-electron chi connectivity index (χ0n) is 8.98. The summed E-state index contributed by atoms with van der Waals surface area (Å²) in [5.41, 5.74) is 5.98. The summed E-state index contributed by atoms with van der Waals surface area (Å²) in [6, 6.07) is 0.394. The maximum atomic E-state index is 11.9. The molecule has 1 aliphatic heterocycles. The Morgan fingerprint density at radius 1 is 1.38 bits per heavy atom. The quantitative estimate of drug-likeness (QED) is 0.641. The number of ketones is 1. The minimum atomic E-state index is -0.205. The van der Waals surface area contributed by atoms with Gasteiger partial charge in [0.2, 0.25) is 0 Å². The van der Waals surface area contributed by atoms with Crippen molar-refractivity contribution >= 4 is 5.78 Å². The topological polar surface area (TPSA) is 41.1 Å². The van der Waals surface area contributed by atoms with Crippen LogP contribution in [0.3, 0.4) is 0 Å². The molecule has 3 heteroatoms. The van der Waals surface area contributed by atoms with Gasteiger partial charge in [-0.15, -0.1) is 0 Å². The Morgan fingerprint density at radius 2 is 2.00 bits per heavy atom. The normalized spacial score (nSPS) is 30.2. The van der Waals surface area contributed by atoms with Gasteiger partial charge < -0.3 is 0 Å². The molecule has 2 unspecified atom stereocenters. The highest BCUT2D eigenvalue weighted by Gasteiger charge is 2.32. The van der Waals surface area contributed by atoms with Gasteiger partial charge in [-0.3, -0.25) is 15.6 Å². The van der Waals surface area contributed by atoms with Crippen LogP contribution in [0.1, 0.15) is 34.1 Å². The Morgan fingerprint density at radius 3 is 2.46 bits per heavy atom. The van der Waals surface area contributed by atoms with Crippen molar-refractivity contribution < 1.29 is 4.79 Å².